The van der Waals surface area contributed by atoms with Crippen molar-refractivity contribution in [3.8, 4) is 5.75 Å². The number of anilines is 1. The SMILES string of the molecule is CC(C)c1cc(O)ccc1N(C)C.CI. The van der Waals surface area contributed by atoms with E-state index in [1.165, 1.54) is 11.3 Å². The third-order valence-corrected chi connectivity index (χ3v) is 2.11. The molecular weight excluding hydrogens is 301 g/mol. The van der Waals surface area contributed by atoms with E-state index in [-0.39, 0.29) is 0 Å². The molecule has 0 bridgehead atoms. The third-order valence-electron chi connectivity index (χ3n) is 2.11. The summed E-state index contributed by atoms with van der Waals surface area (Å²) in [7, 11) is 4.02. The van der Waals surface area contributed by atoms with Gasteiger partial charge in [-0.1, -0.05) is 36.4 Å². The number of hydrogen-bond donors (Lipinski definition) is 1. The lowest BCUT2D eigenvalue weighted by molar-refractivity contribution is 0.474. The fourth-order valence-corrected chi connectivity index (χ4v) is 1.41. The Kier molecular flexibility index (Phi) is 6.72. The van der Waals surface area contributed by atoms with Gasteiger partial charge in [0.05, 0.1) is 0 Å². The van der Waals surface area contributed by atoms with Crippen LogP contribution < -0.4 is 4.90 Å². The Morgan fingerprint density at radius 3 is 2.13 bits per heavy atom. The highest BCUT2D eigenvalue weighted by Crippen LogP contribution is 2.29. The second-order valence-electron chi connectivity index (χ2n) is 3.79. The number of hydrogen-bond acceptors (Lipinski definition) is 2. The molecule has 0 amide bonds. The number of halogens is 1. The zero-order valence-electron chi connectivity index (χ0n) is 10.1. The van der Waals surface area contributed by atoms with Crippen LogP contribution in [0.25, 0.3) is 0 Å². The summed E-state index contributed by atoms with van der Waals surface area (Å²) in [5, 5.41) is 9.35. The molecule has 0 atom stereocenters. The van der Waals surface area contributed by atoms with Crippen LogP contribution in [0, 0.1) is 0 Å². The molecule has 0 aliphatic rings. The van der Waals surface area contributed by atoms with Gasteiger partial charge in [-0.05, 0) is 34.6 Å². The quantitative estimate of drug-likeness (QED) is 0.664. The maximum absolute atomic E-state index is 9.35. The van der Waals surface area contributed by atoms with Crippen LogP contribution in [0.3, 0.4) is 0 Å². The lowest BCUT2D eigenvalue weighted by atomic mass is 10.0. The van der Waals surface area contributed by atoms with Gasteiger partial charge in [0.2, 0.25) is 0 Å². The maximum Gasteiger partial charge on any atom is 0.116 e. The molecule has 0 spiro atoms. The number of nitrogens with zero attached hydrogens (tertiary/aromatic N) is 1. The van der Waals surface area contributed by atoms with Crippen molar-refractivity contribution >= 4 is 28.3 Å². The Labute approximate surface area is 106 Å². The van der Waals surface area contributed by atoms with E-state index in [0.717, 1.165) is 0 Å². The first-order valence-corrected chi connectivity index (χ1v) is 7.06. The van der Waals surface area contributed by atoms with E-state index in [1.807, 2.05) is 31.2 Å². The molecule has 1 N–H and O–H groups in total. The topological polar surface area (TPSA) is 23.5 Å². The average Bonchev–Trinajstić information content (AvgIpc) is 2.20. The van der Waals surface area contributed by atoms with Crippen molar-refractivity contribution in [2.45, 2.75) is 19.8 Å². The van der Waals surface area contributed by atoms with Crippen LogP contribution in [0.5, 0.6) is 5.75 Å². The molecule has 0 fully saturated rings. The molecule has 0 heterocycles. The molecular formula is C12H20INO. The standard InChI is InChI=1S/C11H17NO.CH3I/c1-8(2)10-7-9(13)5-6-11(10)12(3)4;1-2/h5-8,13H,1-4H3;1H3. The Hall–Kier alpha value is -0.450. The molecule has 1 aromatic rings. The fourth-order valence-electron chi connectivity index (χ4n) is 1.41. The first-order chi connectivity index (χ1) is 7.02. The van der Waals surface area contributed by atoms with Gasteiger partial charge in [-0.25, -0.2) is 0 Å². The summed E-state index contributed by atoms with van der Waals surface area (Å²) in [5.41, 5.74) is 2.36. The Morgan fingerprint density at radius 2 is 1.73 bits per heavy atom. The van der Waals surface area contributed by atoms with Crippen LogP contribution in [0.2, 0.25) is 0 Å². The van der Waals surface area contributed by atoms with Crippen molar-refractivity contribution in [3.05, 3.63) is 23.8 Å². The van der Waals surface area contributed by atoms with Crippen LogP contribution in [-0.2, 0) is 0 Å². The van der Waals surface area contributed by atoms with Crippen molar-refractivity contribution < 1.29 is 5.11 Å². The van der Waals surface area contributed by atoms with Gasteiger partial charge in [0.15, 0.2) is 0 Å². The fraction of sp³-hybridized carbons (Fsp3) is 0.500. The van der Waals surface area contributed by atoms with Crippen LogP contribution in [0.15, 0.2) is 18.2 Å². The number of alkyl halides is 1. The third kappa shape index (κ3) is 4.28. The number of rotatable bonds is 2. The molecule has 0 saturated heterocycles. The van der Waals surface area contributed by atoms with Gasteiger partial charge in [-0.15, -0.1) is 0 Å². The molecule has 0 aromatic heterocycles. The minimum Gasteiger partial charge on any atom is -0.508 e. The van der Waals surface area contributed by atoms with E-state index in [4.69, 9.17) is 0 Å². The first-order valence-electron chi connectivity index (χ1n) is 4.90. The largest absolute Gasteiger partial charge is 0.508 e. The van der Waals surface area contributed by atoms with Gasteiger partial charge in [-0.3, -0.25) is 0 Å². The van der Waals surface area contributed by atoms with Crippen molar-refractivity contribution in [3.63, 3.8) is 0 Å². The highest BCUT2D eigenvalue weighted by atomic mass is 127. The van der Waals surface area contributed by atoms with Gasteiger partial charge < -0.3 is 10.0 Å². The van der Waals surface area contributed by atoms with E-state index in [9.17, 15) is 5.11 Å². The molecule has 15 heavy (non-hydrogen) atoms. The van der Waals surface area contributed by atoms with Gasteiger partial charge in [0.1, 0.15) is 5.75 Å². The van der Waals surface area contributed by atoms with Crippen molar-refractivity contribution in [1.82, 2.24) is 0 Å². The van der Waals surface area contributed by atoms with Crippen LogP contribution >= 0.6 is 22.6 Å². The molecule has 0 aliphatic carbocycles. The molecule has 0 radical (unpaired) electrons. The normalized spacial score (nSPS) is 9.53. The minimum absolute atomic E-state index is 0.342. The summed E-state index contributed by atoms with van der Waals surface area (Å²) >= 11 is 2.15. The minimum atomic E-state index is 0.342. The number of phenols is 1. The van der Waals surface area contributed by atoms with E-state index < -0.39 is 0 Å². The van der Waals surface area contributed by atoms with Gasteiger partial charge >= 0.3 is 0 Å². The summed E-state index contributed by atoms with van der Waals surface area (Å²) in [6, 6.07) is 5.51. The molecule has 0 aliphatic heterocycles. The van der Waals surface area contributed by atoms with Crippen LogP contribution in [0.4, 0.5) is 5.69 Å². The van der Waals surface area contributed by atoms with Gasteiger partial charge in [-0.2, -0.15) is 0 Å². The van der Waals surface area contributed by atoms with E-state index in [1.54, 1.807) is 6.07 Å². The van der Waals surface area contributed by atoms with Crippen molar-refractivity contribution in [2.24, 2.45) is 0 Å². The van der Waals surface area contributed by atoms with E-state index in [2.05, 4.69) is 41.3 Å². The number of aromatic hydroxyl groups is 1. The lowest BCUT2D eigenvalue weighted by Crippen LogP contribution is -2.11. The molecule has 3 heteroatoms. The summed E-state index contributed by atoms with van der Waals surface area (Å²) < 4.78 is 0. The number of phenolic OH excluding ortho intramolecular Hbond substituents is 1. The second kappa shape index (κ2) is 6.93. The Bertz CT molecular complexity index is 298. The molecule has 0 unspecified atom stereocenters. The molecule has 0 saturated carbocycles. The maximum atomic E-state index is 9.35. The predicted octanol–water partition coefficient (Wildman–Crippen LogP) is 3.63. The average molecular weight is 321 g/mol. The van der Waals surface area contributed by atoms with Gasteiger partial charge in [0.25, 0.3) is 0 Å². The Morgan fingerprint density at radius 1 is 1.20 bits per heavy atom. The highest BCUT2D eigenvalue weighted by molar-refractivity contribution is 14.1. The predicted molar refractivity (Wildman–Crippen MR) is 76.5 cm³/mol. The van der Waals surface area contributed by atoms with Crippen LogP contribution in [-0.4, -0.2) is 24.1 Å². The molecule has 1 aromatic carbocycles. The second-order valence-corrected chi connectivity index (χ2v) is 3.79. The molecule has 1 rings (SSSR count). The summed E-state index contributed by atoms with van der Waals surface area (Å²) in [5.74, 6) is 0.777. The van der Waals surface area contributed by atoms with Crippen molar-refractivity contribution in [2.75, 3.05) is 23.9 Å². The van der Waals surface area contributed by atoms with Gasteiger partial charge in [0, 0.05) is 19.8 Å². The molecule has 86 valence electrons. The highest BCUT2D eigenvalue weighted by Gasteiger charge is 2.08. The summed E-state index contributed by atoms with van der Waals surface area (Å²) in [4.78, 5) is 4.03. The number of benzene rings is 1. The lowest BCUT2D eigenvalue weighted by Gasteiger charge is -2.19. The van der Waals surface area contributed by atoms with E-state index >= 15 is 0 Å². The smallest absolute Gasteiger partial charge is 0.116 e. The first kappa shape index (κ1) is 14.6. The zero-order chi connectivity index (χ0) is 12.0. The summed E-state index contributed by atoms with van der Waals surface area (Å²) in [6.07, 6.45) is 0. The summed E-state index contributed by atoms with van der Waals surface area (Å²) in [6.45, 7) is 4.25. The zero-order valence-corrected chi connectivity index (χ0v) is 12.2. The van der Waals surface area contributed by atoms with Crippen LogP contribution in [0.1, 0.15) is 25.3 Å². The molecule has 2 nitrogen and oxygen atoms in total. The monoisotopic (exact) mass is 321 g/mol. The van der Waals surface area contributed by atoms with E-state index in [0.29, 0.717) is 11.7 Å². The Balaban J connectivity index is 0.000000921. The van der Waals surface area contributed by atoms with Crippen molar-refractivity contribution in [1.29, 1.82) is 0 Å².